The maximum atomic E-state index is 12.3. The van der Waals surface area contributed by atoms with Gasteiger partial charge in [-0.1, -0.05) is 13.3 Å². The smallest absolute Gasteiger partial charge is 0.140 e. The molecule has 2 aliphatic rings. The quantitative estimate of drug-likeness (QED) is 0.797. The van der Waals surface area contributed by atoms with Crippen molar-refractivity contribution in [2.45, 2.75) is 51.9 Å². The summed E-state index contributed by atoms with van der Waals surface area (Å²) in [6, 6.07) is 0. The van der Waals surface area contributed by atoms with E-state index in [1.54, 1.807) is 0 Å². The Morgan fingerprint density at radius 1 is 1.12 bits per heavy atom. The van der Waals surface area contributed by atoms with E-state index in [1.165, 1.54) is 25.7 Å². The lowest BCUT2D eigenvalue weighted by Crippen LogP contribution is -2.38. The highest BCUT2D eigenvalue weighted by molar-refractivity contribution is 5.83. The molecule has 0 radical (unpaired) electrons. The van der Waals surface area contributed by atoms with Gasteiger partial charge in [-0.3, -0.25) is 4.79 Å². The number of carbonyl (C=O) groups is 1. The summed E-state index contributed by atoms with van der Waals surface area (Å²) in [5.74, 6) is 2.19. The van der Waals surface area contributed by atoms with Crippen LogP contribution in [0.25, 0.3) is 0 Å². The molecule has 2 rings (SSSR count). The predicted octanol–water partition coefficient (Wildman–Crippen LogP) is 2.77. The molecule has 1 aliphatic heterocycles. The van der Waals surface area contributed by atoms with Crippen molar-refractivity contribution in [2.24, 2.45) is 17.8 Å². The van der Waals surface area contributed by atoms with Crippen LogP contribution in [0.2, 0.25) is 0 Å². The first-order valence-corrected chi connectivity index (χ1v) is 7.05. The lowest BCUT2D eigenvalue weighted by atomic mass is 9.75. The number of Topliss-reactive ketones (excluding diaryl/α,β-unsaturated/α-hetero) is 1. The van der Waals surface area contributed by atoms with E-state index in [0.29, 0.717) is 17.6 Å². The molecule has 0 aromatic rings. The van der Waals surface area contributed by atoms with E-state index in [4.69, 9.17) is 0 Å². The first-order valence-electron chi connectivity index (χ1n) is 7.05. The number of hydrogen-bond donors (Lipinski definition) is 1. The maximum absolute atomic E-state index is 12.3. The highest BCUT2D eigenvalue weighted by atomic mass is 16.1. The van der Waals surface area contributed by atoms with Gasteiger partial charge in [0.2, 0.25) is 0 Å². The average Bonchev–Trinajstić information content (AvgIpc) is 2.39. The SMILES string of the molecule is CCC1CCC(C(=O)C2CCCNC2)CC1. The lowest BCUT2D eigenvalue weighted by molar-refractivity contribution is -0.128. The molecule has 1 saturated carbocycles. The molecule has 1 N–H and O–H groups in total. The van der Waals surface area contributed by atoms with E-state index in [1.807, 2.05) is 0 Å². The Balaban J connectivity index is 1.81. The number of ketones is 1. The van der Waals surface area contributed by atoms with Crippen molar-refractivity contribution in [1.29, 1.82) is 0 Å². The molecular weight excluding hydrogens is 198 g/mol. The standard InChI is InChI=1S/C14H25NO/c1-2-11-5-7-12(8-6-11)14(16)13-4-3-9-15-10-13/h11-13,15H,2-10H2,1H3. The van der Waals surface area contributed by atoms with Crippen LogP contribution in [0, 0.1) is 17.8 Å². The summed E-state index contributed by atoms with van der Waals surface area (Å²) in [6.45, 7) is 4.32. The molecule has 1 aliphatic carbocycles. The topological polar surface area (TPSA) is 29.1 Å². The summed E-state index contributed by atoms with van der Waals surface area (Å²) < 4.78 is 0. The summed E-state index contributed by atoms with van der Waals surface area (Å²) in [4.78, 5) is 12.3. The zero-order valence-electron chi connectivity index (χ0n) is 10.5. The summed E-state index contributed by atoms with van der Waals surface area (Å²) in [7, 11) is 0. The van der Waals surface area contributed by atoms with Gasteiger partial charge >= 0.3 is 0 Å². The molecule has 2 nitrogen and oxygen atoms in total. The Hall–Kier alpha value is -0.370. The summed E-state index contributed by atoms with van der Waals surface area (Å²) in [5, 5.41) is 3.35. The molecule has 2 fully saturated rings. The average molecular weight is 223 g/mol. The first-order chi connectivity index (χ1) is 7.81. The molecule has 1 heterocycles. The van der Waals surface area contributed by atoms with Gasteiger partial charge in [0.25, 0.3) is 0 Å². The fraction of sp³-hybridized carbons (Fsp3) is 0.929. The van der Waals surface area contributed by atoms with Gasteiger partial charge in [0.15, 0.2) is 0 Å². The lowest BCUT2D eigenvalue weighted by Gasteiger charge is -2.31. The van der Waals surface area contributed by atoms with Crippen molar-refractivity contribution in [1.82, 2.24) is 5.32 Å². The molecular formula is C14H25NO. The van der Waals surface area contributed by atoms with Gasteiger partial charge < -0.3 is 5.32 Å². The van der Waals surface area contributed by atoms with Crippen LogP contribution in [-0.4, -0.2) is 18.9 Å². The highest BCUT2D eigenvalue weighted by Gasteiger charge is 2.30. The van der Waals surface area contributed by atoms with E-state index in [9.17, 15) is 4.79 Å². The van der Waals surface area contributed by atoms with Gasteiger partial charge in [0, 0.05) is 18.4 Å². The molecule has 0 aromatic carbocycles. The molecule has 0 amide bonds. The number of rotatable bonds is 3. The largest absolute Gasteiger partial charge is 0.316 e. The second-order valence-corrected chi connectivity index (χ2v) is 5.57. The van der Waals surface area contributed by atoms with Crippen LogP contribution in [0.4, 0.5) is 0 Å². The molecule has 16 heavy (non-hydrogen) atoms. The van der Waals surface area contributed by atoms with Gasteiger partial charge in [0.1, 0.15) is 5.78 Å². The zero-order chi connectivity index (χ0) is 11.4. The Labute approximate surface area is 99.2 Å². The van der Waals surface area contributed by atoms with Crippen molar-refractivity contribution in [2.75, 3.05) is 13.1 Å². The number of carbonyl (C=O) groups excluding carboxylic acids is 1. The molecule has 1 atom stereocenters. The normalized spacial score (nSPS) is 35.9. The van der Waals surface area contributed by atoms with Crippen LogP contribution >= 0.6 is 0 Å². The van der Waals surface area contributed by atoms with Crippen molar-refractivity contribution >= 4 is 5.78 Å². The fourth-order valence-electron chi connectivity index (χ4n) is 3.28. The third-order valence-electron chi connectivity index (χ3n) is 4.53. The van der Waals surface area contributed by atoms with E-state index in [-0.39, 0.29) is 0 Å². The Bertz CT molecular complexity index is 225. The molecule has 2 heteroatoms. The summed E-state index contributed by atoms with van der Waals surface area (Å²) >= 11 is 0. The maximum Gasteiger partial charge on any atom is 0.140 e. The Morgan fingerprint density at radius 3 is 2.44 bits per heavy atom. The fourth-order valence-corrected chi connectivity index (χ4v) is 3.28. The monoisotopic (exact) mass is 223 g/mol. The number of hydrogen-bond acceptors (Lipinski definition) is 2. The Morgan fingerprint density at radius 2 is 1.88 bits per heavy atom. The van der Waals surface area contributed by atoms with E-state index in [0.717, 1.165) is 38.3 Å². The first kappa shape index (κ1) is 12.1. The van der Waals surface area contributed by atoms with Crippen LogP contribution in [0.1, 0.15) is 51.9 Å². The third kappa shape index (κ3) is 2.85. The minimum atomic E-state index is 0.330. The van der Waals surface area contributed by atoms with Crippen molar-refractivity contribution in [3.8, 4) is 0 Å². The Kier molecular flexibility index (Phi) is 4.39. The molecule has 0 spiro atoms. The van der Waals surface area contributed by atoms with E-state index < -0.39 is 0 Å². The van der Waals surface area contributed by atoms with Gasteiger partial charge in [-0.05, 0) is 51.0 Å². The van der Waals surface area contributed by atoms with Gasteiger partial charge in [-0.15, -0.1) is 0 Å². The number of piperidine rings is 1. The molecule has 0 aromatic heterocycles. The number of nitrogens with one attached hydrogen (secondary N) is 1. The van der Waals surface area contributed by atoms with Crippen molar-refractivity contribution in [3.63, 3.8) is 0 Å². The summed E-state index contributed by atoms with van der Waals surface area (Å²) in [6.07, 6.45) is 8.49. The van der Waals surface area contributed by atoms with Crippen molar-refractivity contribution < 1.29 is 4.79 Å². The van der Waals surface area contributed by atoms with Crippen LogP contribution < -0.4 is 5.32 Å². The van der Waals surface area contributed by atoms with Gasteiger partial charge in [-0.25, -0.2) is 0 Å². The second-order valence-electron chi connectivity index (χ2n) is 5.57. The highest BCUT2D eigenvalue weighted by Crippen LogP contribution is 2.33. The van der Waals surface area contributed by atoms with E-state index >= 15 is 0 Å². The zero-order valence-corrected chi connectivity index (χ0v) is 10.5. The minimum absolute atomic E-state index is 0.330. The van der Waals surface area contributed by atoms with Crippen LogP contribution in [0.5, 0.6) is 0 Å². The molecule has 1 unspecified atom stereocenters. The van der Waals surface area contributed by atoms with Gasteiger partial charge in [-0.2, -0.15) is 0 Å². The third-order valence-corrected chi connectivity index (χ3v) is 4.53. The van der Waals surface area contributed by atoms with Crippen LogP contribution in [0.3, 0.4) is 0 Å². The predicted molar refractivity (Wildman–Crippen MR) is 66.3 cm³/mol. The van der Waals surface area contributed by atoms with Gasteiger partial charge in [0.05, 0.1) is 0 Å². The van der Waals surface area contributed by atoms with Crippen LogP contribution in [-0.2, 0) is 4.79 Å². The van der Waals surface area contributed by atoms with E-state index in [2.05, 4.69) is 12.2 Å². The van der Waals surface area contributed by atoms with Crippen molar-refractivity contribution in [3.05, 3.63) is 0 Å². The molecule has 0 bridgehead atoms. The second kappa shape index (κ2) is 5.81. The molecule has 92 valence electrons. The minimum Gasteiger partial charge on any atom is -0.316 e. The molecule has 1 saturated heterocycles. The summed E-state index contributed by atoms with van der Waals surface area (Å²) in [5.41, 5.74) is 0. The van der Waals surface area contributed by atoms with Crippen LogP contribution in [0.15, 0.2) is 0 Å².